The fraction of sp³-hybridized carbons (Fsp3) is 1.00. The monoisotopic (exact) mass is 90.1 g/mol. The van der Waals surface area contributed by atoms with Gasteiger partial charge in [0, 0.05) is 0 Å². The first kappa shape index (κ1) is 5.93. The van der Waals surface area contributed by atoms with Crippen molar-refractivity contribution in [3.8, 4) is 0 Å². The standard InChI is InChI=1S/C5H11F/c1-4(2)5(3)6/h4-5H,1-3H3/t5-/m1/s1. The zero-order valence-corrected chi connectivity index (χ0v) is 4.53. The van der Waals surface area contributed by atoms with Crippen LogP contribution in [0.1, 0.15) is 20.8 Å². The molecule has 6 heavy (non-hydrogen) atoms. The highest BCUT2D eigenvalue weighted by molar-refractivity contribution is 4.49. The quantitative estimate of drug-likeness (QED) is 0.462. The van der Waals surface area contributed by atoms with Gasteiger partial charge in [0.25, 0.3) is 0 Å². The molecule has 0 saturated heterocycles. The van der Waals surface area contributed by atoms with Crippen LogP contribution in [0.2, 0.25) is 0 Å². The largest absolute Gasteiger partial charge is 0.248 e. The molecule has 0 rings (SSSR count). The second kappa shape index (κ2) is 2.17. The molecule has 1 heteroatoms. The van der Waals surface area contributed by atoms with E-state index in [2.05, 4.69) is 0 Å². The maximum Gasteiger partial charge on any atom is 0.0996 e. The predicted octanol–water partition coefficient (Wildman–Crippen LogP) is 2.00. The van der Waals surface area contributed by atoms with Gasteiger partial charge in [-0.1, -0.05) is 13.8 Å². The molecule has 0 aliphatic heterocycles. The molecule has 0 nitrogen and oxygen atoms in total. The molecule has 0 bridgehead atoms. The molecule has 0 radical (unpaired) electrons. The van der Waals surface area contributed by atoms with Crippen LogP contribution in [-0.4, -0.2) is 6.17 Å². The van der Waals surface area contributed by atoms with E-state index in [1.54, 1.807) is 6.92 Å². The van der Waals surface area contributed by atoms with Gasteiger partial charge in [-0.3, -0.25) is 0 Å². The molecule has 0 aromatic heterocycles. The molecular weight excluding hydrogens is 79.1 g/mol. The summed E-state index contributed by atoms with van der Waals surface area (Å²) in [6, 6.07) is 0. The summed E-state index contributed by atoms with van der Waals surface area (Å²) in [4.78, 5) is 0. The second-order valence-corrected chi connectivity index (χ2v) is 1.92. The molecule has 0 N–H and O–H groups in total. The number of rotatable bonds is 1. The van der Waals surface area contributed by atoms with Gasteiger partial charge in [-0.05, 0) is 12.8 Å². The fourth-order valence-corrected chi connectivity index (χ4v) is 0. The lowest BCUT2D eigenvalue weighted by Crippen LogP contribution is -2.01. The van der Waals surface area contributed by atoms with Crippen LogP contribution in [0.15, 0.2) is 0 Å². The molecule has 0 amide bonds. The Balaban J connectivity index is 2.99. The summed E-state index contributed by atoms with van der Waals surface area (Å²) in [5.41, 5.74) is 0. The normalized spacial score (nSPS) is 15.5. The van der Waals surface area contributed by atoms with Crippen molar-refractivity contribution in [3.05, 3.63) is 0 Å². The number of halogens is 1. The van der Waals surface area contributed by atoms with Crippen molar-refractivity contribution in [2.75, 3.05) is 0 Å². The van der Waals surface area contributed by atoms with Gasteiger partial charge < -0.3 is 0 Å². The zero-order chi connectivity index (χ0) is 5.15. The Hall–Kier alpha value is -0.0700. The minimum atomic E-state index is -0.648. The van der Waals surface area contributed by atoms with Gasteiger partial charge in [0.15, 0.2) is 0 Å². The van der Waals surface area contributed by atoms with Gasteiger partial charge in [-0.15, -0.1) is 0 Å². The van der Waals surface area contributed by atoms with E-state index >= 15 is 0 Å². The predicted molar refractivity (Wildman–Crippen MR) is 25.4 cm³/mol. The van der Waals surface area contributed by atoms with Crippen molar-refractivity contribution >= 4 is 0 Å². The highest BCUT2D eigenvalue weighted by Gasteiger charge is 2.00. The molecule has 0 aliphatic rings. The Labute approximate surface area is 38.4 Å². The van der Waals surface area contributed by atoms with E-state index in [1.807, 2.05) is 13.8 Å². The SMILES string of the molecule is CC(C)[C@@H](C)F. The van der Waals surface area contributed by atoms with Gasteiger partial charge in [-0.25, -0.2) is 4.39 Å². The van der Waals surface area contributed by atoms with E-state index < -0.39 is 6.17 Å². The third kappa shape index (κ3) is 2.18. The molecular formula is C5H11F. The van der Waals surface area contributed by atoms with Crippen LogP contribution in [0, 0.1) is 5.92 Å². The topological polar surface area (TPSA) is 0 Å². The lowest BCUT2D eigenvalue weighted by atomic mass is 10.1. The van der Waals surface area contributed by atoms with Crippen molar-refractivity contribution in [1.29, 1.82) is 0 Å². The number of hydrogen-bond acceptors (Lipinski definition) is 0. The lowest BCUT2D eigenvalue weighted by molar-refractivity contribution is 0.280. The van der Waals surface area contributed by atoms with Gasteiger partial charge in [0.1, 0.15) is 0 Å². The Morgan fingerprint density at radius 3 is 1.33 bits per heavy atom. The van der Waals surface area contributed by atoms with Crippen LogP contribution in [0.4, 0.5) is 4.39 Å². The van der Waals surface area contributed by atoms with E-state index in [1.165, 1.54) is 0 Å². The molecule has 0 spiro atoms. The van der Waals surface area contributed by atoms with Crippen LogP contribution < -0.4 is 0 Å². The summed E-state index contributed by atoms with van der Waals surface area (Å²) in [5, 5.41) is 0. The Bertz CT molecular complexity index is 24.9. The number of alkyl halides is 1. The smallest absolute Gasteiger partial charge is 0.0996 e. The molecule has 0 fully saturated rings. The first-order chi connectivity index (χ1) is 2.64. The van der Waals surface area contributed by atoms with Crippen molar-refractivity contribution in [1.82, 2.24) is 0 Å². The Morgan fingerprint density at radius 1 is 1.17 bits per heavy atom. The maximum absolute atomic E-state index is 11.8. The van der Waals surface area contributed by atoms with E-state index in [0.29, 0.717) is 0 Å². The van der Waals surface area contributed by atoms with Crippen LogP contribution in [0.5, 0.6) is 0 Å². The minimum absolute atomic E-state index is 0.185. The number of hydrogen-bond donors (Lipinski definition) is 0. The average Bonchev–Trinajstić information content (AvgIpc) is 1.36. The Morgan fingerprint density at radius 2 is 1.33 bits per heavy atom. The highest BCUT2D eigenvalue weighted by atomic mass is 19.1. The first-order valence-corrected chi connectivity index (χ1v) is 2.28. The van der Waals surface area contributed by atoms with E-state index in [-0.39, 0.29) is 5.92 Å². The summed E-state index contributed by atoms with van der Waals surface area (Å²) >= 11 is 0. The molecule has 0 heterocycles. The first-order valence-electron chi connectivity index (χ1n) is 2.28. The summed E-state index contributed by atoms with van der Waals surface area (Å²) < 4.78 is 11.8. The van der Waals surface area contributed by atoms with Crippen molar-refractivity contribution in [2.24, 2.45) is 5.92 Å². The molecule has 0 unspecified atom stereocenters. The van der Waals surface area contributed by atoms with E-state index in [4.69, 9.17) is 0 Å². The molecule has 0 aliphatic carbocycles. The second-order valence-electron chi connectivity index (χ2n) is 1.92. The molecule has 38 valence electrons. The third-order valence-corrected chi connectivity index (χ3v) is 0.919. The van der Waals surface area contributed by atoms with Gasteiger partial charge in [0.2, 0.25) is 0 Å². The van der Waals surface area contributed by atoms with Crippen molar-refractivity contribution in [3.63, 3.8) is 0 Å². The third-order valence-electron chi connectivity index (χ3n) is 0.919. The summed E-state index contributed by atoms with van der Waals surface area (Å²) in [5.74, 6) is 0.185. The van der Waals surface area contributed by atoms with E-state index in [9.17, 15) is 4.39 Å². The highest BCUT2D eigenvalue weighted by Crippen LogP contribution is 2.02. The van der Waals surface area contributed by atoms with Crippen molar-refractivity contribution < 1.29 is 4.39 Å². The maximum atomic E-state index is 11.8. The fourth-order valence-electron chi connectivity index (χ4n) is 0. The molecule has 0 aromatic rings. The van der Waals surface area contributed by atoms with Crippen molar-refractivity contribution in [2.45, 2.75) is 26.9 Å². The van der Waals surface area contributed by atoms with Crippen LogP contribution in [-0.2, 0) is 0 Å². The van der Waals surface area contributed by atoms with Crippen LogP contribution >= 0.6 is 0 Å². The van der Waals surface area contributed by atoms with Gasteiger partial charge >= 0.3 is 0 Å². The Kier molecular flexibility index (Phi) is 2.14. The summed E-state index contributed by atoms with van der Waals surface area (Å²) in [6.45, 7) is 5.31. The van der Waals surface area contributed by atoms with Gasteiger partial charge in [0.05, 0.1) is 6.17 Å². The molecule has 1 atom stereocenters. The molecule has 0 aromatic carbocycles. The van der Waals surface area contributed by atoms with Gasteiger partial charge in [-0.2, -0.15) is 0 Å². The summed E-state index contributed by atoms with van der Waals surface area (Å²) in [7, 11) is 0. The van der Waals surface area contributed by atoms with Crippen LogP contribution in [0.25, 0.3) is 0 Å². The zero-order valence-electron chi connectivity index (χ0n) is 4.53. The summed E-state index contributed by atoms with van der Waals surface area (Å²) in [6.07, 6.45) is -0.648. The average molecular weight is 90.1 g/mol. The lowest BCUT2D eigenvalue weighted by Gasteiger charge is -2.01. The molecule has 0 saturated carbocycles. The van der Waals surface area contributed by atoms with E-state index in [0.717, 1.165) is 0 Å². The van der Waals surface area contributed by atoms with Crippen LogP contribution in [0.3, 0.4) is 0 Å². The minimum Gasteiger partial charge on any atom is -0.248 e.